The van der Waals surface area contributed by atoms with Crippen molar-refractivity contribution in [2.24, 2.45) is 0 Å². The molecule has 1 N–H and O–H groups in total. The Hall–Kier alpha value is -2.08. The Morgan fingerprint density at radius 2 is 2.20 bits per heavy atom. The van der Waals surface area contributed by atoms with Crippen LogP contribution in [0, 0.1) is 10.1 Å². The molecule has 6 heteroatoms. The van der Waals surface area contributed by atoms with Gasteiger partial charge in [-0.05, 0) is 24.4 Å². The molecule has 2 aromatic rings. The fourth-order valence-electron chi connectivity index (χ4n) is 2.00. The Morgan fingerprint density at radius 1 is 1.40 bits per heavy atom. The first-order valence-corrected chi connectivity index (χ1v) is 7.26. The number of non-ortho nitro benzene ring substituents is 1. The number of nitro groups is 1. The fraction of sp³-hybridized carbons (Fsp3) is 0.286. The molecule has 0 atom stereocenters. The number of thiophene rings is 1. The Balaban J connectivity index is 2.32. The largest absolute Gasteiger partial charge is 0.388 e. The van der Waals surface area contributed by atoms with E-state index in [9.17, 15) is 10.1 Å². The van der Waals surface area contributed by atoms with Crippen molar-refractivity contribution in [1.82, 2.24) is 0 Å². The van der Waals surface area contributed by atoms with Crippen LogP contribution in [0.4, 0.5) is 17.1 Å². The van der Waals surface area contributed by atoms with Gasteiger partial charge >= 0.3 is 0 Å². The summed E-state index contributed by atoms with van der Waals surface area (Å²) in [5, 5.41) is 16.0. The molecule has 1 aromatic carbocycles. The molecule has 0 spiro atoms. The van der Waals surface area contributed by atoms with Gasteiger partial charge in [0, 0.05) is 42.0 Å². The van der Waals surface area contributed by atoms with E-state index in [2.05, 4.69) is 16.3 Å². The van der Waals surface area contributed by atoms with E-state index in [1.165, 1.54) is 4.88 Å². The Morgan fingerprint density at radius 3 is 2.75 bits per heavy atom. The lowest BCUT2D eigenvalue weighted by atomic mass is 10.2. The normalized spacial score (nSPS) is 10.3. The molecule has 0 aliphatic carbocycles. The lowest BCUT2D eigenvalue weighted by Gasteiger charge is -2.23. The first kappa shape index (κ1) is 14.3. The molecule has 0 amide bonds. The van der Waals surface area contributed by atoms with Gasteiger partial charge in [-0.1, -0.05) is 6.07 Å². The second-order valence-electron chi connectivity index (χ2n) is 4.34. The zero-order valence-electron chi connectivity index (χ0n) is 11.5. The van der Waals surface area contributed by atoms with Gasteiger partial charge in [-0.15, -0.1) is 11.3 Å². The van der Waals surface area contributed by atoms with Gasteiger partial charge in [-0.2, -0.15) is 0 Å². The average Bonchev–Trinajstić information content (AvgIpc) is 2.97. The molecule has 0 saturated heterocycles. The zero-order chi connectivity index (χ0) is 14.5. The molecule has 0 unspecified atom stereocenters. The van der Waals surface area contributed by atoms with Crippen molar-refractivity contribution in [2.75, 3.05) is 23.8 Å². The summed E-state index contributed by atoms with van der Waals surface area (Å²) in [5.74, 6) is 0. The highest BCUT2D eigenvalue weighted by Gasteiger charge is 2.13. The van der Waals surface area contributed by atoms with Crippen LogP contribution in [0.25, 0.3) is 0 Å². The maximum Gasteiger partial charge on any atom is 0.273 e. The third-order valence-electron chi connectivity index (χ3n) is 3.08. The van der Waals surface area contributed by atoms with Crippen LogP contribution in [-0.4, -0.2) is 18.5 Å². The predicted octanol–water partition coefficient (Wildman–Crippen LogP) is 3.72. The lowest BCUT2D eigenvalue weighted by molar-refractivity contribution is -0.384. The minimum atomic E-state index is -0.358. The highest BCUT2D eigenvalue weighted by molar-refractivity contribution is 7.09. The van der Waals surface area contributed by atoms with Crippen LogP contribution in [0.1, 0.15) is 11.8 Å². The topological polar surface area (TPSA) is 58.4 Å². The van der Waals surface area contributed by atoms with E-state index in [0.717, 1.165) is 24.5 Å². The molecule has 20 heavy (non-hydrogen) atoms. The Bertz CT molecular complexity index is 584. The van der Waals surface area contributed by atoms with Crippen LogP contribution < -0.4 is 10.2 Å². The third kappa shape index (κ3) is 3.27. The first-order valence-electron chi connectivity index (χ1n) is 6.38. The first-order chi connectivity index (χ1) is 9.63. The number of hydrogen-bond donors (Lipinski definition) is 1. The second kappa shape index (κ2) is 6.38. The van der Waals surface area contributed by atoms with Crippen LogP contribution in [0.3, 0.4) is 0 Å². The second-order valence-corrected chi connectivity index (χ2v) is 5.37. The average molecular weight is 291 g/mol. The van der Waals surface area contributed by atoms with E-state index in [-0.39, 0.29) is 10.6 Å². The SMILES string of the molecule is CCN(Cc1cccs1)c1cc(NC)cc([N+](=O)[O-])c1. The van der Waals surface area contributed by atoms with Crippen molar-refractivity contribution in [3.05, 3.63) is 50.7 Å². The van der Waals surface area contributed by atoms with E-state index >= 15 is 0 Å². The van der Waals surface area contributed by atoms with Crippen LogP contribution in [0.5, 0.6) is 0 Å². The van der Waals surface area contributed by atoms with Crippen molar-refractivity contribution in [1.29, 1.82) is 0 Å². The molecule has 0 aliphatic rings. The number of nitrogens with one attached hydrogen (secondary N) is 1. The summed E-state index contributed by atoms with van der Waals surface area (Å²) in [6.45, 7) is 3.60. The summed E-state index contributed by atoms with van der Waals surface area (Å²) in [4.78, 5) is 14.0. The maximum absolute atomic E-state index is 11.0. The molecule has 0 aliphatic heterocycles. The van der Waals surface area contributed by atoms with Gasteiger partial charge in [0.1, 0.15) is 0 Å². The summed E-state index contributed by atoms with van der Waals surface area (Å²) < 4.78 is 0. The van der Waals surface area contributed by atoms with E-state index in [0.29, 0.717) is 0 Å². The van der Waals surface area contributed by atoms with Crippen LogP contribution in [0.15, 0.2) is 35.7 Å². The summed E-state index contributed by atoms with van der Waals surface area (Å²) >= 11 is 1.69. The molecule has 0 fully saturated rings. The van der Waals surface area contributed by atoms with Gasteiger partial charge in [-0.3, -0.25) is 10.1 Å². The van der Waals surface area contributed by atoms with E-state index in [1.54, 1.807) is 30.5 Å². The summed E-state index contributed by atoms with van der Waals surface area (Å²) in [5.41, 5.74) is 1.72. The van der Waals surface area contributed by atoms with Gasteiger partial charge in [-0.25, -0.2) is 0 Å². The summed E-state index contributed by atoms with van der Waals surface area (Å²) in [7, 11) is 1.76. The number of nitrogens with zero attached hydrogens (tertiary/aromatic N) is 2. The van der Waals surface area contributed by atoms with Crippen molar-refractivity contribution in [3.8, 4) is 0 Å². The molecule has 2 rings (SSSR count). The minimum Gasteiger partial charge on any atom is -0.388 e. The standard InChI is InChI=1S/C14H17N3O2S/c1-3-16(10-14-5-4-6-20-14)12-7-11(15-2)8-13(9-12)17(18)19/h4-9,15H,3,10H2,1-2H3. The van der Waals surface area contributed by atoms with Crippen molar-refractivity contribution in [2.45, 2.75) is 13.5 Å². The smallest absolute Gasteiger partial charge is 0.273 e. The number of rotatable bonds is 6. The Labute approximate surface area is 122 Å². The molecule has 0 saturated carbocycles. The quantitative estimate of drug-likeness (QED) is 0.651. The summed E-state index contributed by atoms with van der Waals surface area (Å²) in [6.07, 6.45) is 0. The van der Waals surface area contributed by atoms with Gasteiger partial charge in [0.05, 0.1) is 11.5 Å². The molecule has 1 aromatic heterocycles. The molecule has 106 valence electrons. The Kier molecular flexibility index (Phi) is 4.57. The summed E-state index contributed by atoms with van der Waals surface area (Å²) in [6, 6.07) is 9.19. The number of anilines is 2. The maximum atomic E-state index is 11.0. The van der Waals surface area contributed by atoms with Crippen molar-refractivity contribution >= 4 is 28.4 Å². The molecular formula is C14H17N3O2S. The van der Waals surface area contributed by atoms with Crippen LogP contribution in [-0.2, 0) is 6.54 Å². The molecular weight excluding hydrogens is 274 g/mol. The third-order valence-corrected chi connectivity index (χ3v) is 3.94. The van der Waals surface area contributed by atoms with Gasteiger partial charge < -0.3 is 10.2 Å². The van der Waals surface area contributed by atoms with Crippen LogP contribution >= 0.6 is 11.3 Å². The number of nitro benzene ring substituents is 1. The zero-order valence-corrected chi connectivity index (χ0v) is 12.3. The van der Waals surface area contributed by atoms with E-state index in [1.807, 2.05) is 24.4 Å². The van der Waals surface area contributed by atoms with E-state index < -0.39 is 0 Å². The van der Waals surface area contributed by atoms with Gasteiger partial charge in [0.2, 0.25) is 0 Å². The van der Waals surface area contributed by atoms with Gasteiger partial charge in [0.15, 0.2) is 0 Å². The number of benzene rings is 1. The lowest BCUT2D eigenvalue weighted by Crippen LogP contribution is -2.21. The van der Waals surface area contributed by atoms with Crippen molar-refractivity contribution in [3.63, 3.8) is 0 Å². The number of hydrogen-bond acceptors (Lipinski definition) is 5. The molecule has 5 nitrogen and oxygen atoms in total. The minimum absolute atomic E-state index is 0.108. The highest BCUT2D eigenvalue weighted by atomic mass is 32.1. The van der Waals surface area contributed by atoms with Crippen molar-refractivity contribution < 1.29 is 4.92 Å². The highest BCUT2D eigenvalue weighted by Crippen LogP contribution is 2.28. The predicted molar refractivity (Wildman–Crippen MR) is 83.7 cm³/mol. The molecule has 0 radical (unpaired) electrons. The monoisotopic (exact) mass is 291 g/mol. The molecule has 1 heterocycles. The van der Waals surface area contributed by atoms with Gasteiger partial charge in [0.25, 0.3) is 5.69 Å². The van der Waals surface area contributed by atoms with Crippen LogP contribution in [0.2, 0.25) is 0 Å². The van der Waals surface area contributed by atoms with E-state index in [4.69, 9.17) is 0 Å². The fourth-order valence-corrected chi connectivity index (χ4v) is 2.72. The molecule has 0 bridgehead atoms.